The highest BCUT2D eigenvalue weighted by molar-refractivity contribution is 6.31. The summed E-state index contributed by atoms with van der Waals surface area (Å²) in [4.78, 5) is 40.5. The number of nitriles is 1. The van der Waals surface area contributed by atoms with E-state index in [9.17, 15) is 14.4 Å². The Morgan fingerprint density at radius 2 is 2.09 bits per heavy atom. The van der Waals surface area contributed by atoms with Gasteiger partial charge in [-0.1, -0.05) is 11.6 Å². The van der Waals surface area contributed by atoms with Crippen molar-refractivity contribution in [1.82, 2.24) is 19.6 Å². The summed E-state index contributed by atoms with van der Waals surface area (Å²) in [6, 6.07) is 8.60. The molecule has 9 nitrogen and oxygen atoms in total. The number of rotatable bonds is 6. The van der Waals surface area contributed by atoms with E-state index in [1.54, 1.807) is 28.9 Å². The molecule has 0 radical (unpaired) electrons. The fraction of sp³-hybridized carbons (Fsp3) is 0.409. The zero-order valence-electron chi connectivity index (χ0n) is 17.8. The number of aromatic nitrogens is 2. The van der Waals surface area contributed by atoms with E-state index in [4.69, 9.17) is 16.9 Å². The number of carbonyl (C=O) groups is 3. The van der Waals surface area contributed by atoms with E-state index in [-0.39, 0.29) is 42.8 Å². The molecule has 0 spiro atoms. The number of amides is 3. The molecule has 32 heavy (non-hydrogen) atoms. The maximum Gasteiger partial charge on any atom is 0.272 e. The van der Waals surface area contributed by atoms with Crippen LogP contribution in [0.25, 0.3) is 11.3 Å². The van der Waals surface area contributed by atoms with Crippen molar-refractivity contribution in [1.29, 1.82) is 5.26 Å². The van der Waals surface area contributed by atoms with E-state index < -0.39 is 0 Å². The van der Waals surface area contributed by atoms with Crippen LogP contribution in [0.1, 0.15) is 36.3 Å². The minimum absolute atomic E-state index is 0.0314. The van der Waals surface area contributed by atoms with E-state index in [0.717, 1.165) is 12.8 Å². The van der Waals surface area contributed by atoms with E-state index in [2.05, 4.69) is 10.4 Å². The van der Waals surface area contributed by atoms with Gasteiger partial charge in [0.2, 0.25) is 11.8 Å². The molecule has 0 unspecified atom stereocenters. The lowest BCUT2D eigenvalue weighted by Gasteiger charge is -2.32. The largest absolute Gasteiger partial charge is 0.331 e. The Kier molecular flexibility index (Phi) is 5.89. The second-order valence-corrected chi connectivity index (χ2v) is 8.69. The average molecular weight is 455 g/mol. The summed E-state index contributed by atoms with van der Waals surface area (Å²) in [7, 11) is 1.53. The first-order valence-electron chi connectivity index (χ1n) is 10.4. The molecule has 2 aromatic rings. The number of benzene rings is 1. The van der Waals surface area contributed by atoms with Crippen LogP contribution in [0.3, 0.4) is 0 Å². The molecule has 2 heterocycles. The van der Waals surface area contributed by atoms with Gasteiger partial charge in [0, 0.05) is 30.1 Å². The normalized spacial score (nSPS) is 17.5. The predicted molar refractivity (Wildman–Crippen MR) is 118 cm³/mol. The van der Waals surface area contributed by atoms with Crippen LogP contribution in [0.4, 0.5) is 5.69 Å². The summed E-state index contributed by atoms with van der Waals surface area (Å²) in [5.74, 6) is -0.627. The molecule has 2 aliphatic rings. The summed E-state index contributed by atoms with van der Waals surface area (Å²) in [5.41, 5.74) is 2.12. The molecule has 3 amide bonds. The molecule has 4 rings (SSSR count). The van der Waals surface area contributed by atoms with Gasteiger partial charge in [-0.05, 0) is 44.0 Å². The highest BCUT2D eigenvalue weighted by atomic mass is 35.5. The van der Waals surface area contributed by atoms with Crippen molar-refractivity contribution < 1.29 is 14.4 Å². The third-order valence-corrected chi connectivity index (χ3v) is 5.90. The van der Waals surface area contributed by atoms with Gasteiger partial charge in [-0.3, -0.25) is 19.1 Å². The third kappa shape index (κ3) is 4.32. The first-order chi connectivity index (χ1) is 15.3. The predicted octanol–water partition coefficient (Wildman–Crippen LogP) is 2.55. The Bertz CT molecular complexity index is 1130. The van der Waals surface area contributed by atoms with Crippen molar-refractivity contribution in [3.63, 3.8) is 0 Å². The lowest BCUT2D eigenvalue weighted by atomic mass is 10.1. The molecule has 166 valence electrons. The third-order valence-electron chi connectivity index (χ3n) is 5.67. The van der Waals surface area contributed by atoms with E-state index in [1.165, 1.54) is 16.8 Å². The van der Waals surface area contributed by atoms with E-state index in [1.807, 2.05) is 13.0 Å². The van der Waals surface area contributed by atoms with Gasteiger partial charge in [0.25, 0.3) is 5.91 Å². The number of fused-ring (bicyclic) bond motifs is 1. The van der Waals surface area contributed by atoms with Crippen LogP contribution in [0, 0.1) is 17.2 Å². The number of hydrogen-bond donors (Lipinski definition) is 1. The van der Waals surface area contributed by atoms with Gasteiger partial charge < -0.3 is 15.1 Å². The summed E-state index contributed by atoms with van der Waals surface area (Å²) in [5, 5.41) is 16.8. The van der Waals surface area contributed by atoms with Crippen LogP contribution in [0.2, 0.25) is 5.02 Å². The number of hydrogen-bond acceptors (Lipinski definition) is 5. The number of halogens is 1. The van der Waals surface area contributed by atoms with Crippen molar-refractivity contribution in [2.75, 3.05) is 32.0 Å². The Morgan fingerprint density at radius 1 is 1.34 bits per heavy atom. The maximum atomic E-state index is 13.1. The van der Waals surface area contributed by atoms with Crippen LogP contribution in [0.5, 0.6) is 0 Å². The second-order valence-electron chi connectivity index (χ2n) is 8.26. The average Bonchev–Trinajstić information content (AvgIpc) is 3.50. The molecule has 10 heteroatoms. The van der Waals surface area contributed by atoms with Gasteiger partial charge in [0.05, 0.1) is 23.5 Å². The Labute approximate surface area is 190 Å². The van der Waals surface area contributed by atoms with Crippen LogP contribution in [0.15, 0.2) is 24.3 Å². The monoisotopic (exact) mass is 454 g/mol. The second kappa shape index (κ2) is 8.63. The van der Waals surface area contributed by atoms with Gasteiger partial charge in [0.1, 0.15) is 18.8 Å². The van der Waals surface area contributed by atoms with Crippen molar-refractivity contribution >= 4 is 35.0 Å². The number of nitrogens with one attached hydrogen (secondary N) is 1. The molecule has 1 aromatic carbocycles. The fourth-order valence-electron chi connectivity index (χ4n) is 3.70. The van der Waals surface area contributed by atoms with Crippen molar-refractivity contribution in [2.45, 2.75) is 25.8 Å². The van der Waals surface area contributed by atoms with Crippen LogP contribution >= 0.6 is 11.6 Å². The van der Waals surface area contributed by atoms with Crippen molar-refractivity contribution in [3.8, 4) is 17.3 Å². The highest BCUT2D eigenvalue weighted by Crippen LogP contribution is 2.35. The number of anilines is 1. The summed E-state index contributed by atoms with van der Waals surface area (Å²) >= 11 is 6.15. The molecule has 0 saturated heterocycles. The standard InChI is InChI=1S/C22H23ClN6O3/c1-13-11-28(12-20(30)27(2)8-7-24)22(32)19-10-18(26-29(13)19)16-6-5-15(23)9-17(16)25-21(31)14-3-4-14/h5-6,9-10,13-14H,3-4,8,11-12H2,1-2H3,(H,25,31)/t13-/m0/s1. The van der Waals surface area contributed by atoms with E-state index >= 15 is 0 Å². The van der Waals surface area contributed by atoms with Gasteiger partial charge >= 0.3 is 0 Å². The SMILES string of the molecule is C[C@H]1CN(CC(=O)N(C)CC#N)C(=O)c2cc(-c3ccc(Cl)cc3NC(=O)C3CC3)nn21. The van der Waals surface area contributed by atoms with Crippen molar-refractivity contribution in [2.24, 2.45) is 5.92 Å². The molecule has 1 atom stereocenters. The van der Waals surface area contributed by atoms with Crippen LogP contribution in [-0.2, 0) is 9.59 Å². The number of nitrogens with zero attached hydrogens (tertiary/aromatic N) is 5. The van der Waals surface area contributed by atoms with Crippen LogP contribution in [-0.4, -0.2) is 64.0 Å². The molecular weight excluding hydrogens is 432 g/mol. The summed E-state index contributed by atoms with van der Waals surface area (Å²) < 4.78 is 1.65. The summed E-state index contributed by atoms with van der Waals surface area (Å²) in [6.07, 6.45) is 1.76. The topological polar surface area (TPSA) is 111 Å². The molecule has 1 aromatic heterocycles. The fourth-order valence-corrected chi connectivity index (χ4v) is 3.87. The Hall–Kier alpha value is -3.38. The minimum Gasteiger partial charge on any atom is -0.331 e. The Balaban J connectivity index is 1.61. The summed E-state index contributed by atoms with van der Waals surface area (Å²) in [6.45, 7) is 2.10. The lowest BCUT2D eigenvalue weighted by molar-refractivity contribution is -0.130. The van der Waals surface area contributed by atoms with Gasteiger partial charge in [-0.2, -0.15) is 10.4 Å². The molecule has 0 bridgehead atoms. The number of likely N-dealkylation sites (N-methyl/N-ethyl adjacent to an activating group) is 1. The lowest BCUT2D eigenvalue weighted by Crippen LogP contribution is -2.47. The molecule has 1 N–H and O–H groups in total. The molecule has 1 aliphatic carbocycles. The smallest absolute Gasteiger partial charge is 0.272 e. The zero-order valence-corrected chi connectivity index (χ0v) is 18.6. The quantitative estimate of drug-likeness (QED) is 0.674. The zero-order chi connectivity index (χ0) is 23.0. The van der Waals surface area contributed by atoms with Crippen molar-refractivity contribution in [3.05, 3.63) is 35.0 Å². The van der Waals surface area contributed by atoms with Gasteiger partial charge in [-0.25, -0.2) is 0 Å². The van der Waals surface area contributed by atoms with Crippen LogP contribution < -0.4 is 5.32 Å². The van der Waals surface area contributed by atoms with Gasteiger partial charge in [-0.15, -0.1) is 0 Å². The maximum absolute atomic E-state index is 13.1. The first-order valence-corrected chi connectivity index (χ1v) is 10.8. The minimum atomic E-state index is -0.307. The highest BCUT2D eigenvalue weighted by Gasteiger charge is 2.33. The van der Waals surface area contributed by atoms with Gasteiger partial charge in [0.15, 0.2) is 0 Å². The molecule has 1 saturated carbocycles. The molecular formula is C22H23ClN6O3. The molecule has 1 fully saturated rings. The first kappa shape index (κ1) is 21.8. The number of carbonyl (C=O) groups excluding carboxylic acids is 3. The Morgan fingerprint density at radius 3 is 2.78 bits per heavy atom. The van der Waals surface area contributed by atoms with E-state index in [0.29, 0.717) is 34.2 Å². The molecule has 1 aliphatic heterocycles.